The molecule has 2 atom stereocenters. The number of urea groups is 1. The molecule has 2 amide bonds. The number of hydrogen-bond donors (Lipinski definition) is 3. The summed E-state index contributed by atoms with van der Waals surface area (Å²) in [4.78, 5) is 12.1. The summed E-state index contributed by atoms with van der Waals surface area (Å²) in [5, 5.41) is 15.1. The molecule has 0 aromatic heterocycles. The van der Waals surface area contributed by atoms with Crippen LogP contribution in [0.15, 0.2) is 48.5 Å². The number of aromatic nitrogens is 2. The third-order valence-electron chi connectivity index (χ3n) is 5.38. The summed E-state index contributed by atoms with van der Waals surface area (Å²) in [5.41, 5.74) is 1.06. The van der Waals surface area contributed by atoms with E-state index in [1.54, 1.807) is 24.3 Å². The van der Waals surface area contributed by atoms with Crippen LogP contribution in [0.1, 0.15) is 44.1 Å². The number of aliphatic hydroxyl groups excluding tert-OH is 1. The first-order valence-corrected chi connectivity index (χ1v) is 10.1. The lowest BCUT2D eigenvalue weighted by Gasteiger charge is -2.14. The molecule has 2 aliphatic rings. The number of nitrogens with zero attached hydrogens (tertiary/aromatic N) is 2. The van der Waals surface area contributed by atoms with E-state index in [0.717, 1.165) is 36.1 Å². The molecule has 2 aliphatic heterocycles. The molecule has 9 heteroatoms. The summed E-state index contributed by atoms with van der Waals surface area (Å²) in [6.45, 7) is 4.12. The number of carbonyl (C=O) groups is 1. The van der Waals surface area contributed by atoms with Gasteiger partial charge in [0, 0.05) is 5.69 Å². The van der Waals surface area contributed by atoms with Gasteiger partial charge in [-0.15, -0.1) is 0 Å². The van der Waals surface area contributed by atoms with Gasteiger partial charge in [0.15, 0.2) is 5.82 Å². The molecule has 0 fully saturated rings. The largest absolute Gasteiger partial charge is 0.418 e. The van der Waals surface area contributed by atoms with Crippen LogP contribution in [0, 0.1) is 5.92 Å². The molecule has 0 saturated heterocycles. The Morgan fingerprint density at radius 3 is 2.32 bits per heavy atom. The molecular formula is C22H23F3N4O2. The Bertz CT molecular complexity index is 1080. The molecule has 0 radical (unpaired) electrons. The fraction of sp³-hybridized carbons (Fsp3) is 0.318. The van der Waals surface area contributed by atoms with E-state index in [9.17, 15) is 23.1 Å². The van der Waals surface area contributed by atoms with Crippen LogP contribution >= 0.6 is 0 Å². The summed E-state index contributed by atoms with van der Waals surface area (Å²) in [6.07, 6.45) is -3.04. The fourth-order valence-corrected chi connectivity index (χ4v) is 3.66. The van der Waals surface area contributed by atoms with E-state index in [4.69, 9.17) is 0 Å². The van der Waals surface area contributed by atoms with Gasteiger partial charge in [-0.05, 0) is 48.7 Å². The summed E-state index contributed by atoms with van der Waals surface area (Å²) in [6, 6.07) is 11.0. The van der Waals surface area contributed by atoms with Crippen molar-refractivity contribution in [2.75, 3.05) is 10.6 Å². The van der Waals surface area contributed by atoms with Crippen molar-refractivity contribution in [1.29, 1.82) is 0 Å². The van der Waals surface area contributed by atoms with E-state index in [1.165, 1.54) is 18.2 Å². The van der Waals surface area contributed by atoms with Crippen molar-refractivity contribution in [2.45, 2.75) is 39.0 Å². The number of benzene rings is 2. The van der Waals surface area contributed by atoms with Crippen LogP contribution in [0.3, 0.4) is 0 Å². The highest BCUT2D eigenvalue weighted by molar-refractivity contribution is 6.00. The van der Waals surface area contributed by atoms with Gasteiger partial charge < -0.3 is 15.7 Å². The number of amides is 2. The third kappa shape index (κ3) is 4.18. The highest BCUT2D eigenvalue weighted by Gasteiger charge is 2.46. The molecule has 0 aliphatic carbocycles. The Hall–Kier alpha value is -3.20. The molecule has 31 heavy (non-hydrogen) atoms. The number of rotatable bonds is 7. The highest BCUT2D eigenvalue weighted by atomic mass is 19.4. The van der Waals surface area contributed by atoms with Crippen molar-refractivity contribution >= 4 is 17.4 Å². The van der Waals surface area contributed by atoms with Gasteiger partial charge in [-0.1, -0.05) is 32.4 Å². The molecule has 3 N–H and O–H groups in total. The number of aliphatic hydroxyl groups is 1. The number of carbonyl (C=O) groups excluding carboxylic acids is 1. The lowest BCUT2D eigenvalue weighted by molar-refractivity contribution is -0.136. The van der Waals surface area contributed by atoms with E-state index in [-0.39, 0.29) is 11.6 Å². The molecular weight excluding hydrogens is 409 g/mol. The summed E-state index contributed by atoms with van der Waals surface area (Å²) < 4.78 is 43.0. The molecule has 0 spiro atoms. The molecule has 2 heterocycles. The van der Waals surface area contributed by atoms with Crippen molar-refractivity contribution in [3.63, 3.8) is 0 Å². The van der Waals surface area contributed by atoms with Crippen molar-refractivity contribution in [3.8, 4) is 11.5 Å². The highest BCUT2D eigenvalue weighted by Crippen LogP contribution is 2.48. The molecule has 0 bridgehead atoms. The monoisotopic (exact) mass is 432 g/mol. The van der Waals surface area contributed by atoms with Crippen LogP contribution in [0.4, 0.5) is 29.3 Å². The van der Waals surface area contributed by atoms with Crippen molar-refractivity contribution in [3.05, 3.63) is 59.8 Å². The van der Waals surface area contributed by atoms with Gasteiger partial charge in [-0.25, -0.2) is 14.2 Å². The average Bonchev–Trinajstić information content (AvgIpc) is 3.61. The van der Waals surface area contributed by atoms with Gasteiger partial charge in [-0.3, -0.25) is 0 Å². The maximum absolute atomic E-state index is 13.0. The van der Waals surface area contributed by atoms with Gasteiger partial charge in [0.1, 0.15) is 11.8 Å². The molecule has 2 aromatic carbocycles. The van der Waals surface area contributed by atoms with E-state index in [0.29, 0.717) is 5.69 Å². The second-order valence-electron chi connectivity index (χ2n) is 7.71. The van der Waals surface area contributed by atoms with Gasteiger partial charge >= 0.3 is 12.2 Å². The van der Waals surface area contributed by atoms with E-state index in [1.807, 2.05) is 16.3 Å². The maximum atomic E-state index is 13.0. The minimum Gasteiger partial charge on any atom is -0.386 e. The lowest BCUT2D eigenvalue weighted by atomic mass is 9.98. The Morgan fingerprint density at radius 2 is 1.71 bits per heavy atom. The summed E-state index contributed by atoms with van der Waals surface area (Å²) in [5.74, 6) is 1.20. The predicted molar refractivity (Wildman–Crippen MR) is 112 cm³/mol. The molecule has 4 rings (SSSR count). The molecule has 164 valence electrons. The number of nitrogens with one attached hydrogen (secondary N) is 2. The minimum absolute atomic E-state index is 0.203. The van der Waals surface area contributed by atoms with Gasteiger partial charge in [0.2, 0.25) is 0 Å². The first-order valence-electron chi connectivity index (χ1n) is 10.1. The van der Waals surface area contributed by atoms with Gasteiger partial charge in [0.05, 0.1) is 16.9 Å². The SMILES string of the molecule is CCCC(C)C(O)c1c2n(-c3ccc(NC(=O)Nc4ccccc4C(F)(F)F)cc3)n1-2. The molecule has 6 nitrogen and oxygen atoms in total. The molecule has 2 aromatic rings. The van der Waals surface area contributed by atoms with Crippen molar-refractivity contribution in [1.82, 2.24) is 9.36 Å². The zero-order valence-electron chi connectivity index (χ0n) is 17.1. The Morgan fingerprint density at radius 1 is 1.06 bits per heavy atom. The second kappa shape index (κ2) is 7.81. The zero-order chi connectivity index (χ0) is 22.3. The van der Waals surface area contributed by atoms with Crippen LogP contribution in [0.5, 0.6) is 0 Å². The van der Waals surface area contributed by atoms with E-state index < -0.39 is 23.9 Å². The predicted octanol–water partition coefficient (Wildman–Crippen LogP) is 5.71. The number of hydrogen-bond acceptors (Lipinski definition) is 2. The summed E-state index contributed by atoms with van der Waals surface area (Å²) >= 11 is 0. The zero-order valence-corrected chi connectivity index (χ0v) is 17.1. The van der Waals surface area contributed by atoms with Gasteiger partial charge in [0.25, 0.3) is 0 Å². The van der Waals surface area contributed by atoms with Crippen LogP contribution in [0.25, 0.3) is 11.5 Å². The Labute approximate surface area is 177 Å². The first-order chi connectivity index (χ1) is 14.7. The van der Waals surface area contributed by atoms with Crippen LogP contribution < -0.4 is 10.6 Å². The van der Waals surface area contributed by atoms with Gasteiger partial charge in [-0.2, -0.15) is 13.2 Å². The summed E-state index contributed by atoms with van der Waals surface area (Å²) in [7, 11) is 0. The van der Waals surface area contributed by atoms with Crippen LogP contribution in [0.2, 0.25) is 0 Å². The average molecular weight is 432 g/mol. The number of alkyl halides is 3. The quantitative estimate of drug-likeness (QED) is 0.350. The van der Waals surface area contributed by atoms with Crippen LogP contribution in [-0.4, -0.2) is 20.5 Å². The van der Waals surface area contributed by atoms with E-state index >= 15 is 0 Å². The normalized spacial score (nSPS) is 14.3. The first kappa shape index (κ1) is 21.0. The second-order valence-corrected chi connectivity index (χ2v) is 7.71. The fourth-order valence-electron chi connectivity index (χ4n) is 3.66. The van der Waals surface area contributed by atoms with E-state index in [2.05, 4.69) is 17.6 Å². The number of anilines is 2. The lowest BCUT2D eigenvalue weighted by Crippen LogP contribution is -2.21. The Balaban J connectivity index is 1.37. The molecule has 2 unspecified atom stereocenters. The van der Waals surface area contributed by atoms with Crippen LogP contribution in [-0.2, 0) is 6.18 Å². The minimum atomic E-state index is -4.56. The maximum Gasteiger partial charge on any atom is 0.418 e. The number of halogens is 3. The number of para-hydroxylation sites is 1. The number of fused-ring (bicyclic) bond motifs is 1. The van der Waals surface area contributed by atoms with Crippen molar-refractivity contribution in [2.24, 2.45) is 5.92 Å². The van der Waals surface area contributed by atoms with Crippen molar-refractivity contribution < 1.29 is 23.1 Å². The topological polar surface area (TPSA) is 71.2 Å². The third-order valence-corrected chi connectivity index (χ3v) is 5.38. The molecule has 0 saturated carbocycles. The smallest absolute Gasteiger partial charge is 0.386 e. The standard InChI is InChI=1S/C22H23F3N4O2/c1-3-6-13(2)19(30)18-20-28(29(18)20)15-11-9-14(10-12-15)26-21(31)27-17-8-5-4-7-16(17)22(23,24)25/h4-5,7-13,19,30H,3,6H2,1-2H3,(H2,26,27,31). The Kier molecular flexibility index (Phi) is 5.30.